The van der Waals surface area contributed by atoms with Crippen LogP contribution in [0.2, 0.25) is 0 Å². The molecule has 1 aromatic heterocycles. The second-order valence-corrected chi connectivity index (χ2v) is 6.08. The van der Waals surface area contributed by atoms with Crippen LogP contribution in [-0.2, 0) is 6.18 Å². The molecular weight excluding hydrogens is 367 g/mol. The second kappa shape index (κ2) is 7.24. The van der Waals surface area contributed by atoms with Crippen LogP contribution in [-0.4, -0.2) is 21.3 Å². The van der Waals surface area contributed by atoms with Crippen LogP contribution in [0.4, 0.5) is 13.2 Å². The number of hydrogen-bond acceptors (Lipinski definition) is 5. The molecule has 3 N–H and O–H groups in total. The van der Waals surface area contributed by atoms with Gasteiger partial charge in [0.2, 0.25) is 0 Å². The zero-order chi connectivity index (χ0) is 18.7. The highest BCUT2D eigenvalue weighted by Gasteiger charge is 2.36. The van der Waals surface area contributed by atoms with Crippen LogP contribution in [0.25, 0.3) is 0 Å². The lowest BCUT2D eigenvalue weighted by Crippen LogP contribution is -2.23. The van der Waals surface area contributed by atoms with Gasteiger partial charge in [-0.25, -0.2) is 0 Å². The highest BCUT2D eigenvalue weighted by Crippen LogP contribution is 2.41. The van der Waals surface area contributed by atoms with Gasteiger partial charge in [0.1, 0.15) is 5.75 Å². The van der Waals surface area contributed by atoms with E-state index in [1.807, 2.05) is 0 Å². The molecular formula is C16H14F3N5OS. The molecule has 0 aliphatic heterocycles. The smallest absolute Gasteiger partial charge is 0.424 e. The first-order valence-electron chi connectivity index (χ1n) is 7.64. The lowest BCUT2D eigenvalue weighted by molar-refractivity contribution is -0.141. The Balaban J connectivity index is 1.76. The largest absolute Gasteiger partial charge is 0.433 e. The summed E-state index contributed by atoms with van der Waals surface area (Å²) < 4.78 is 44.4. The number of aromatic nitrogens is 2. The maximum atomic E-state index is 13.0. The second-order valence-electron chi connectivity index (χ2n) is 5.64. The minimum Gasteiger partial charge on any atom is -0.424 e. The van der Waals surface area contributed by atoms with Crippen molar-refractivity contribution in [3.8, 4) is 11.8 Å². The van der Waals surface area contributed by atoms with Gasteiger partial charge in [-0.15, -0.1) is 0 Å². The lowest BCUT2D eigenvalue weighted by Gasteiger charge is -2.10. The Hall–Kier alpha value is -2.75. The average molecular weight is 381 g/mol. The molecule has 1 aliphatic carbocycles. The van der Waals surface area contributed by atoms with Crippen LogP contribution in [0.5, 0.6) is 11.8 Å². The van der Waals surface area contributed by atoms with Crippen LogP contribution in [0.1, 0.15) is 35.7 Å². The number of benzene rings is 1. The third-order valence-corrected chi connectivity index (χ3v) is 3.58. The van der Waals surface area contributed by atoms with Gasteiger partial charge in [0.05, 0.1) is 11.9 Å². The number of rotatable bonds is 5. The first-order valence-corrected chi connectivity index (χ1v) is 8.05. The van der Waals surface area contributed by atoms with Crippen molar-refractivity contribution in [1.82, 2.24) is 15.4 Å². The molecule has 1 aliphatic rings. The SMILES string of the molecule is NC(=S)NN=Cc1ccc(Oc2nc(C3CC3)cc(C(F)(F)F)n2)cc1. The number of alkyl halides is 3. The van der Waals surface area contributed by atoms with Crippen molar-refractivity contribution >= 4 is 23.5 Å². The molecule has 0 spiro atoms. The van der Waals surface area contributed by atoms with E-state index in [4.69, 9.17) is 10.5 Å². The minimum atomic E-state index is -4.55. The van der Waals surface area contributed by atoms with Gasteiger partial charge < -0.3 is 10.5 Å². The minimum absolute atomic E-state index is 0.0364. The maximum absolute atomic E-state index is 13.0. The standard InChI is InChI=1S/C16H14F3N5OS/c17-16(18,19)13-7-12(10-3-4-10)22-15(23-13)25-11-5-1-9(2-6-11)8-21-24-14(20)26/h1-2,5-8,10H,3-4H2,(H3,20,24,26). The molecule has 6 nitrogen and oxygen atoms in total. The van der Waals surface area contributed by atoms with Crippen molar-refractivity contribution < 1.29 is 17.9 Å². The van der Waals surface area contributed by atoms with Gasteiger partial charge >= 0.3 is 12.2 Å². The Kier molecular flexibility index (Phi) is 5.03. The Labute approximate surface area is 152 Å². The van der Waals surface area contributed by atoms with E-state index in [1.165, 1.54) is 6.21 Å². The van der Waals surface area contributed by atoms with E-state index >= 15 is 0 Å². The molecule has 0 radical (unpaired) electrons. The van der Waals surface area contributed by atoms with Crippen molar-refractivity contribution in [2.75, 3.05) is 0 Å². The number of ether oxygens (including phenoxy) is 1. The van der Waals surface area contributed by atoms with E-state index in [2.05, 4.69) is 32.7 Å². The van der Waals surface area contributed by atoms with Crippen molar-refractivity contribution in [2.24, 2.45) is 10.8 Å². The molecule has 0 atom stereocenters. The molecule has 1 fully saturated rings. The van der Waals surface area contributed by atoms with Crippen molar-refractivity contribution in [1.29, 1.82) is 0 Å². The number of thiocarbonyl (C=S) groups is 1. The van der Waals surface area contributed by atoms with Gasteiger partial charge in [0, 0.05) is 5.92 Å². The van der Waals surface area contributed by atoms with Crippen molar-refractivity contribution in [2.45, 2.75) is 24.9 Å². The molecule has 2 aromatic rings. The zero-order valence-electron chi connectivity index (χ0n) is 13.3. The quantitative estimate of drug-likeness (QED) is 0.469. The highest BCUT2D eigenvalue weighted by molar-refractivity contribution is 7.80. The fraction of sp³-hybridized carbons (Fsp3) is 0.250. The number of hydrogen-bond donors (Lipinski definition) is 2. The fourth-order valence-electron chi connectivity index (χ4n) is 2.12. The fourth-order valence-corrected chi connectivity index (χ4v) is 2.17. The van der Waals surface area contributed by atoms with Crippen LogP contribution in [0.15, 0.2) is 35.4 Å². The molecule has 0 saturated heterocycles. The molecule has 1 heterocycles. The van der Waals surface area contributed by atoms with Gasteiger partial charge in [0.25, 0.3) is 0 Å². The van der Waals surface area contributed by atoms with E-state index in [1.54, 1.807) is 24.3 Å². The molecule has 0 unspecified atom stereocenters. The molecule has 0 bridgehead atoms. The summed E-state index contributed by atoms with van der Waals surface area (Å²) in [6.45, 7) is 0. The Bertz CT molecular complexity index is 835. The molecule has 136 valence electrons. The number of halogens is 3. The van der Waals surface area contributed by atoms with E-state index in [0.29, 0.717) is 17.0 Å². The molecule has 1 saturated carbocycles. The van der Waals surface area contributed by atoms with Gasteiger partial charge in [0.15, 0.2) is 10.8 Å². The Morgan fingerprint density at radius 1 is 1.27 bits per heavy atom. The van der Waals surface area contributed by atoms with Crippen LogP contribution >= 0.6 is 12.2 Å². The third kappa shape index (κ3) is 4.88. The maximum Gasteiger partial charge on any atom is 0.433 e. The number of nitrogens with one attached hydrogen (secondary N) is 1. The molecule has 0 amide bonds. The number of hydrazone groups is 1. The summed E-state index contributed by atoms with van der Waals surface area (Å²) in [7, 11) is 0. The van der Waals surface area contributed by atoms with Gasteiger partial charge in [-0.05, 0) is 61.0 Å². The summed E-state index contributed by atoms with van der Waals surface area (Å²) in [5.41, 5.74) is 7.72. The van der Waals surface area contributed by atoms with E-state index in [9.17, 15) is 13.2 Å². The summed E-state index contributed by atoms with van der Waals surface area (Å²) >= 11 is 4.61. The first-order chi connectivity index (χ1) is 12.3. The lowest BCUT2D eigenvalue weighted by atomic mass is 10.2. The van der Waals surface area contributed by atoms with Crippen molar-refractivity contribution in [3.63, 3.8) is 0 Å². The van der Waals surface area contributed by atoms with Gasteiger partial charge in [-0.1, -0.05) is 0 Å². The zero-order valence-corrected chi connectivity index (χ0v) is 14.1. The van der Waals surface area contributed by atoms with E-state index in [0.717, 1.165) is 18.9 Å². The van der Waals surface area contributed by atoms with E-state index in [-0.39, 0.29) is 17.0 Å². The summed E-state index contributed by atoms with van der Waals surface area (Å²) in [6, 6.07) is 7.13. The van der Waals surface area contributed by atoms with E-state index < -0.39 is 11.9 Å². The molecule has 10 heteroatoms. The summed E-state index contributed by atoms with van der Waals surface area (Å²) in [4.78, 5) is 7.58. The first kappa shape index (κ1) is 18.1. The molecule has 3 rings (SSSR count). The topological polar surface area (TPSA) is 85.4 Å². The summed E-state index contributed by atoms with van der Waals surface area (Å²) in [5, 5.41) is 3.84. The van der Waals surface area contributed by atoms with Crippen LogP contribution in [0, 0.1) is 0 Å². The predicted octanol–water partition coefficient (Wildman–Crippen LogP) is 3.33. The van der Waals surface area contributed by atoms with Crippen LogP contribution in [0.3, 0.4) is 0 Å². The van der Waals surface area contributed by atoms with Crippen LogP contribution < -0.4 is 15.9 Å². The number of nitrogens with zero attached hydrogens (tertiary/aromatic N) is 3. The Morgan fingerprint density at radius 2 is 1.96 bits per heavy atom. The van der Waals surface area contributed by atoms with Crippen molar-refractivity contribution in [3.05, 3.63) is 47.3 Å². The monoisotopic (exact) mass is 381 g/mol. The van der Waals surface area contributed by atoms with Gasteiger partial charge in [-0.2, -0.15) is 28.2 Å². The average Bonchev–Trinajstić information content (AvgIpc) is 3.40. The molecule has 26 heavy (non-hydrogen) atoms. The third-order valence-electron chi connectivity index (χ3n) is 3.49. The molecule has 1 aromatic carbocycles. The normalized spacial score (nSPS) is 14.4. The Morgan fingerprint density at radius 3 is 2.54 bits per heavy atom. The predicted molar refractivity (Wildman–Crippen MR) is 93.0 cm³/mol. The summed E-state index contributed by atoms with van der Waals surface area (Å²) in [6.07, 6.45) is -1.43. The van der Waals surface area contributed by atoms with Gasteiger partial charge in [-0.3, -0.25) is 5.43 Å². The highest BCUT2D eigenvalue weighted by atomic mass is 32.1. The summed E-state index contributed by atoms with van der Waals surface area (Å²) in [5.74, 6) is 0.353. The number of nitrogens with two attached hydrogens (primary N) is 1.